The number of hydrogen-bond donors (Lipinski definition) is 1. The maximum Gasteiger partial charge on any atom is 0.146 e. The molecule has 4 heteroatoms. The van der Waals surface area contributed by atoms with Crippen LogP contribution in [0.5, 0.6) is 11.5 Å². The molecular formula is C13H12N2O2. The number of methoxy groups -OCH3 is 1. The van der Waals surface area contributed by atoms with Gasteiger partial charge >= 0.3 is 0 Å². The second-order valence-electron chi connectivity index (χ2n) is 3.39. The van der Waals surface area contributed by atoms with Gasteiger partial charge < -0.3 is 9.84 Å². The Balaban J connectivity index is 2.22. The van der Waals surface area contributed by atoms with Crippen LogP contribution in [0.3, 0.4) is 0 Å². The van der Waals surface area contributed by atoms with Crippen molar-refractivity contribution >= 4 is 11.4 Å². The Kier molecular flexibility index (Phi) is 3.35. The van der Waals surface area contributed by atoms with Crippen LogP contribution in [0, 0.1) is 0 Å². The zero-order valence-corrected chi connectivity index (χ0v) is 9.37. The molecule has 0 aromatic heterocycles. The van der Waals surface area contributed by atoms with E-state index in [9.17, 15) is 0 Å². The Morgan fingerprint density at radius 2 is 1.65 bits per heavy atom. The van der Waals surface area contributed by atoms with E-state index in [-0.39, 0.29) is 5.75 Å². The Morgan fingerprint density at radius 1 is 0.941 bits per heavy atom. The molecule has 0 amide bonds. The van der Waals surface area contributed by atoms with E-state index in [0.29, 0.717) is 17.1 Å². The Hall–Kier alpha value is -2.36. The monoisotopic (exact) mass is 228 g/mol. The quantitative estimate of drug-likeness (QED) is 0.812. The van der Waals surface area contributed by atoms with Crippen LogP contribution >= 0.6 is 0 Å². The van der Waals surface area contributed by atoms with E-state index in [0.717, 1.165) is 0 Å². The van der Waals surface area contributed by atoms with Gasteiger partial charge in [-0.05, 0) is 36.4 Å². The number of nitrogens with zero attached hydrogens (tertiary/aromatic N) is 2. The first-order chi connectivity index (χ1) is 8.29. The van der Waals surface area contributed by atoms with Crippen molar-refractivity contribution in [3.05, 3.63) is 48.5 Å². The van der Waals surface area contributed by atoms with Gasteiger partial charge in [-0.3, -0.25) is 0 Å². The van der Waals surface area contributed by atoms with E-state index in [1.807, 2.05) is 24.3 Å². The normalized spacial score (nSPS) is 10.6. The lowest BCUT2D eigenvalue weighted by Crippen LogP contribution is -1.81. The minimum atomic E-state index is 0.209. The first kappa shape index (κ1) is 11.1. The van der Waals surface area contributed by atoms with Gasteiger partial charge in [0.15, 0.2) is 0 Å². The number of phenols is 1. The summed E-state index contributed by atoms with van der Waals surface area (Å²) in [4.78, 5) is 0. The van der Waals surface area contributed by atoms with Crippen LogP contribution in [0.2, 0.25) is 0 Å². The van der Waals surface area contributed by atoms with E-state index < -0.39 is 0 Å². The van der Waals surface area contributed by atoms with Gasteiger partial charge in [-0.2, -0.15) is 5.11 Å². The molecule has 0 bridgehead atoms. The molecule has 2 aromatic carbocycles. The minimum absolute atomic E-state index is 0.209. The summed E-state index contributed by atoms with van der Waals surface area (Å²) < 4.78 is 5.16. The summed E-state index contributed by atoms with van der Waals surface area (Å²) in [6, 6.07) is 13.9. The molecule has 0 radical (unpaired) electrons. The number of para-hydroxylation sites is 1. The lowest BCUT2D eigenvalue weighted by Gasteiger charge is -2.01. The number of ether oxygens (including phenoxy) is 1. The Bertz CT molecular complexity index is 521. The van der Waals surface area contributed by atoms with Gasteiger partial charge in [-0.15, -0.1) is 5.11 Å². The van der Waals surface area contributed by atoms with Crippen molar-refractivity contribution in [2.45, 2.75) is 0 Å². The molecule has 0 heterocycles. The zero-order valence-electron chi connectivity index (χ0n) is 9.37. The summed E-state index contributed by atoms with van der Waals surface area (Å²) in [5, 5.41) is 17.3. The van der Waals surface area contributed by atoms with E-state index in [1.54, 1.807) is 31.4 Å². The van der Waals surface area contributed by atoms with Crippen molar-refractivity contribution in [3.8, 4) is 11.5 Å². The summed E-state index contributed by atoms with van der Waals surface area (Å²) in [7, 11) is 1.59. The van der Waals surface area contributed by atoms with E-state index in [1.165, 1.54) is 0 Å². The third kappa shape index (κ3) is 2.81. The number of phenolic OH excluding ortho intramolecular Hbond substituents is 1. The number of rotatable bonds is 3. The first-order valence-corrected chi connectivity index (χ1v) is 5.13. The summed E-state index contributed by atoms with van der Waals surface area (Å²) in [6.45, 7) is 0. The highest BCUT2D eigenvalue weighted by molar-refractivity contribution is 5.51. The average molecular weight is 228 g/mol. The predicted molar refractivity (Wildman–Crippen MR) is 65.3 cm³/mol. The number of azo groups is 1. The van der Waals surface area contributed by atoms with Crippen molar-refractivity contribution in [3.63, 3.8) is 0 Å². The van der Waals surface area contributed by atoms with Crippen LogP contribution < -0.4 is 4.74 Å². The summed E-state index contributed by atoms with van der Waals surface area (Å²) in [5.41, 5.74) is 1.34. The summed E-state index contributed by atoms with van der Waals surface area (Å²) >= 11 is 0. The highest BCUT2D eigenvalue weighted by Gasteiger charge is 1.98. The van der Waals surface area contributed by atoms with Crippen LogP contribution in [0.25, 0.3) is 0 Å². The molecule has 2 rings (SSSR count). The SMILES string of the molecule is COc1ccccc1N=Nc1ccc(O)cc1. The molecule has 0 saturated heterocycles. The third-order valence-electron chi connectivity index (χ3n) is 2.21. The van der Waals surface area contributed by atoms with Gasteiger partial charge in [0.05, 0.1) is 12.8 Å². The molecule has 0 fully saturated rings. The highest BCUT2D eigenvalue weighted by Crippen LogP contribution is 2.28. The fourth-order valence-electron chi connectivity index (χ4n) is 1.34. The first-order valence-electron chi connectivity index (χ1n) is 5.13. The predicted octanol–water partition coefficient (Wildman–Crippen LogP) is 3.82. The molecule has 0 aliphatic heterocycles. The molecule has 0 saturated carbocycles. The lowest BCUT2D eigenvalue weighted by atomic mass is 10.3. The average Bonchev–Trinajstić information content (AvgIpc) is 2.38. The van der Waals surface area contributed by atoms with Crippen LogP contribution in [0.15, 0.2) is 58.8 Å². The van der Waals surface area contributed by atoms with E-state index >= 15 is 0 Å². The fourth-order valence-corrected chi connectivity index (χ4v) is 1.34. The van der Waals surface area contributed by atoms with Gasteiger partial charge in [0.1, 0.15) is 17.2 Å². The topological polar surface area (TPSA) is 54.2 Å². The van der Waals surface area contributed by atoms with Crippen LogP contribution in [-0.4, -0.2) is 12.2 Å². The Labute approximate surface area is 99.2 Å². The maximum atomic E-state index is 9.13. The molecule has 4 nitrogen and oxygen atoms in total. The highest BCUT2D eigenvalue weighted by atomic mass is 16.5. The third-order valence-corrected chi connectivity index (χ3v) is 2.21. The lowest BCUT2D eigenvalue weighted by molar-refractivity contribution is 0.416. The van der Waals surface area contributed by atoms with Gasteiger partial charge in [-0.1, -0.05) is 12.1 Å². The maximum absolute atomic E-state index is 9.13. The zero-order chi connectivity index (χ0) is 12.1. The van der Waals surface area contributed by atoms with Gasteiger partial charge in [-0.25, -0.2) is 0 Å². The molecular weight excluding hydrogens is 216 g/mol. The van der Waals surface area contributed by atoms with Crippen molar-refractivity contribution in [2.75, 3.05) is 7.11 Å². The molecule has 0 atom stereocenters. The van der Waals surface area contributed by atoms with Crippen LogP contribution in [-0.2, 0) is 0 Å². The second-order valence-corrected chi connectivity index (χ2v) is 3.39. The molecule has 2 aromatic rings. The van der Waals surface area contributed by atoms with Crippen LogP contribution in [0.4, 0.5) is 11.4 Å². The Morgan fingerprint density at radius 3 is 2.35 bits per heavy atom. The number of benzene rings is 2. The van der Waals surface area contributed by atoms with Crippen molar-refractivity contribution < 1.29 is 9.84 Å². The molecule has 0 aliphatic rings. The largest absolute Gasteiger partial charge is 0.508 e. The van der Waals surface area contributed by atoms with Gasteiger partial charge in [0, 0.05) is 0 Å². The number of aromatic hydroxyl groups is 1. The molecule has 0 aliphatic carbocycles. The van der Waals surface area contributed by atoms with Crippen molar-refractivity contribution in [2.24, 2.45) is 10.2 Å². The molecule has 0 spiro atoms. The molecule has 86 valence electrons. The number of hydrogen-bond acceptors (Lipinski definition) is 4. The van der Waals surface area contributed by atoms with Crippen molar-refractivity contribution in [1.82, 2.24) is 0 Å². The molecule has 17 heavy (non-hydrogen) atoms. The second kappa shape index (κ2) is 5.12. The van der Waals surface area contributed by atoms with Crippen LogP contribution in [0.1, 0.15) is 0 Å². The van der Waals surface area contributed by atoms with Gasteiger partial charge in [0.25, 0.3) is 0 Å². The van der Waals surface area contributed by atoms with Crippen molar-refractivity contribution in [1.29, 1.82) is 0 Å². The summed E-state index contributed by atoms with van der Waals surface area (Å²) in [5.74, 6) is 0.885. The molecule has 1 N–H and O–H groups in total. The standard InChI is InChI=1S/C13H12N2O2/c1-17-13-5-3-2-4-12(13)15-14-10-6-8-11(16)9-7-10/h2-9,16H,1H3. The fraction of sp³-hybridized carbons (Fsp3) is 0.0769. The minimum Gasteiger partial charge on any atom is -0.508 e. The smallest absolute Gasteiger partial charge is 0.146 e. The van der Waals surface area contributed by atoms with E-state index in [2.05, 4.69) is 10.2 Å². The van der Waals surface area contributed by atoms with Gasteiger partial charge in [0.2, 0.25) is 0 Å². The van der Waals surface area contributed by atoms with E-state index in [4.69, 9.17) is 9.84 Å². The molecule has 0 unspecified atom stereocenters. The summed E-state index contributed by atoms with van der Waals surface area (Å²) in [6.07, 6.45) is 0.